The number of nitrogens with one attached hydrogen (secondary N) is 2. The molecule has 2 aliphatic heterocycles. The second kappa shape index (κ2) is 10.3. The Kier molecular flexibility index (Phi) is 8.66. The van der Waals surface area contributed by atoms with Crippen LogP contribution < -0.4 is 10.6 Å². The second-order valence-electron chi connectivity index (χ2n) is 6.54. The molecule has 0 aliphatic carbocycles. The van der Waals surface area contributed by atoms with Crippen LogP contribution in [-0.4, -0.2) is 100 Å². The average molecular weight is 442 g/mol. The first kappa shape index (κ1) is 22.7. The van der Waals surface area contributed by atoms with Crippen LogP contribution in [0.3, 0.4) is 0 Å². The Hall–Kier alpha value is -0.560. The smallest absolute Gasteiger partial charge is 0.215 e. The second-order valence-corrected chi connectivity index (χ2v) is 12.1. The molecule has 2 heterocycles. The van der Waals surface area contributed by atoms with E-state index < -0.39 is 20.0 Å². The molecule has 0 aromatic carbocycles. The van der Waals surface area contributed by atoms with E-state index in [2.05, 4.69) is 15.6 Å². The van der Waals surface area contributed by atoms with Gasteiger partial charge in [0.1, 0.15) is 0 Å². The van der Waals surface area contributed by atoms with Crippen molar-refractivity contribution < 1.29 is 16.8 Å². The number of hydrogen-bond acceptors (Lipinski definition) is 6. The molecule has 0 spiro atoms. The van der Waals surface area contributed by atoms with Crippen molar-refractivity contribution >= 4 is 37.8 Å². The highest BCUT2D eigenvalue weighted by Gasteiger charge is 2.27. The number of hydrogen-bond donors (Lipinski definition) is 2. The first-order valence-electron chi connectivity index (χ1n) is 9.29. The number of rotatable bonds is 7. The highest BCUT2D eigenvalue weighted by molar-refractivity contribution is 7.99. The van der Waals surface area contributed by atoms with Crippen LogP contribution in [0.4, 0.5) is 0 Å². The molecule has 2 fully saturated rings. The van der Waals surface area contributed by atoms with Gasteiger partial charge in [0.15, 0.2) is 5.96 Å². The maximum absolute atomic E-state index is 12.4. The van der Waals surface area contributed by atoms with Crippen LogP contribution in [0.15, 0.2) is 4.99 Å². The van der Waals surface area contributed by atoms with Gasteiger partial charge in [-0.2, -0.15) is 11.8 Å². The number of piperidine rings is 1. The number of sulfonamides is 2. The minimum absolute atomic E-state index is 0.0333. The maximum atomic E-state index is 12.4. The first-order valence-corrected chi connectivity index (χ1v) is 13.7. The van der Waals surface area contributed by atoms with Crippen molar-refractivity contribution in [3.8, 4) is 0 Å². The summed E-state index contributed by atoms with van der Waals surface area (Å²) in [6, 6.07) is 0.121. The summed E-state index contributed by atoms with van der Waals surface area (Å²) in [7, 11) is -4.74. The van der Waals surface area contributed by atoms with Crippen molar-refractivity contribution in [3.63, 3.8) is 0 Å². The molecular weight excluding hydrogens is 410 g/mol. The lowest BCUT2D eigenvalue weighted by molar-refractivity contribution is 0.306. The van der Waals surface area contributed by atoms with Gasteiger partial charge in [0, 0.05) is 57.3 Å². The zero-order valence-corrected chi connectivity index (χ0v) is 18.5. The summed E-state index contributed by atoms with van der Waals surface area (Å²) in [5, 5.41) is 6.33. The Labute approximate surface area is 167 Å². The van der Waals surface area contributed by atoms with Crippen LogP contribution in [0, 0.1) is 0 Å². The standard InChI is InChI=1S/C15H31N5O4S3/c1-3-26(21,22)19-7-4-14(5-8-19)18-15(16-2)17-6-13-27(23,24)20-9-11-25-12-10-20/h14H,3-13H2,1-2H3,(H2,16,17,18). The zero-order chi connectivity index (χ0) is 19.9. The highest BCUT2D eigenvalue weighted by atomic mass is 32.2. The highest BCUT2D eigenvalue weighted by Crippen LogP contribution is 2.15. The molecule has 9 nitrogen and oxygen atoms in total. The monoisotopic (exact) mass is 441 g/mol. The lowest BCUT2D eigenvalue weighted by Gasteiger charge is -2.32. The van der Waals surface area contributed by atoms with E-state index in [1.807, 2.05) is 0 Å². The predicted octanol–water partition coefficient (Wildman–Crippen LogP) is -0.656. The third-order valence-electron chi connectivity index (χ3n) is 4.79. The molecule has 0 amide bonds. The van der Waals surface area contributed by atoms with Gasteiger partial charge in [-0.05, 0) is 19.8 Å². The molecule has 27 heavy (non-hydrogen) atoms. The van der Waals surface area contributed by atoms with Gasteiger partial charge in [0.05, 0.1) is 11.5 Å². The van der Waals surface area contributed by atoms with Crippen LogP contribution in [-0.2, 0) is 20.0 Å². The Morgan fingerprint density at radius 3 is 2.19 bits per heavy atom. The van der Waals surface area contributed by atoms with Crippen molar-refractivity contribution in [1.82, 2.24) is 19.2 Å². The largest absolute Gasteiger partial charge is 0.355 e. The molecular formula is C15H31N5O4S3. The van der Waals surface area contributed by atoms with E-state index >= 15 is 0 Å². The molecule has 0 atom stereocenters. The molecule has 0 aromatic heterocycles. The maximum Gasteiger partial charge on any atom is 0.215 e. The SMILES string of the molecule is CCS(=O)(=O)N1CCC(NC(=NC)NCCS(=O)(=O)N2CCSCC2)CC1. The fraction of sp³-hybridized carbons (Fsp3) is 0.933. The summed E-state index contributed by atoms with van der Waals surface area (Å²) in [5.41, 5.74) is 0. The van der Waals surface area contributed by atoms with E-state index in [1.165, 1.54) is 4.31 Å². The normalized spacial score (nSPS) is 21.9. The van der Waals surface area contributed by atoms with Gasteiger partial charge in [-0.25, -0.2) is 25.4 Å². The quantitative estimate of drug-likeness (QED) is 0.399. The minimum Gasteiger partial charge on any atom is -0.355 e. The van der Waals surface area contributed by atoms with Crippen molar-refractivity contribution in [1.29, 1.82) is 0 Å². The summed E-state index contributed by atoms with van der Waals surface area (Å²) in [6.07, 6.45) is 1.40. The van der Waals surface area contributed by atoms with E-state index in [0.717, 1.165) is 11.5 Å². The molecule has 0 aromatic rings. The minimum atomic E-state index is -3.25. The van der Waals surface area contributed by atoms with E-state index in [-0.39, 0.29) is 24.1 Å². The molecule has 2 aliphatic rings. The molecule has 2 N–H and O–H groups in total. The summed E-state index contributed by atoms with van der Waals surface area (Å²) in [4.78, 5) is 4.15. The fourth-order valence-corrected chi connectivity index (χ4v) is 6.72. The van der Waals surface area contributed by atoms with E-state index in [9.17, 15) is 16.8 Å². The molecule has 0 bridgehead atoms. The van der Waals surface area contributed by atoms with Crippen LogP contribution >= 0.6 is 11.8 Å². The number of guanidine groups is 1. The Bertz CT molecular complexity index is 697. The van der Waals surface area contributed by atoms with Gasteiger partial charge in [0.2, 0.25) is 20.0 Å². The molecule has 0 radical (unpaired) electrons. The van der Waals surface area contributed by atoms with Gasteiger partial charge < -0.3 is 10.6 Å². The van der Waals surface area contributed by atoms with Gasteiger partial charge in [-0.1, -0.05) is 0 Å². The Balaban J connectivity index is 1.75. The molecule has 2 rings (SSSR count). The van der Waals surface area contributed by atoms with Crippen molar-refractivity contribution in [2.75, 3.05) is 62.8 Å². The van der Waals surface area contributed by atoms with Crippen molar-refractivity contribution in [2.24, 2.45) is 4.99 Å². The van der Waals surface area contributed by atoms with Gasteiger partial charge >= 0.3 is 0 Å². The molecule has 0 unspecified atom stereocenters. The van der Waals surface area contributed by atoms with Gasteiger partial charge in [-0.15, -0.1) is 0 Å². The average Bonchev–Trinajstić information content (AvgIpc) is 2.68. The number of thioether (sulfide) groups is 1. The summed E-state index contributed by atoms with van der Waals surface area (Å²) < 4.78 is 51.6. The summed E-state index contributed by atoms with van der Waals surface area (Å²) in [5.74, 6) is 2.41. The Morgan fingerprint density at radius 2 is 1.63 bits per heavy atom. The van der Waals surface area contributed by atoms with Crippen LogP contribution in [0.2, 0.25) is 0 Å². The van der Waals surface area contributed by atoms with Crippen LogP contribution in [0.1, 0.15) is 19.8 Å². The topological polar surface area (TPSA) is 111 Å². The number of aliphatic imine (C=N–C) groups is 1. The lowest BCUT2D eigenvalue weighted by atomic mass is 10.1. The molecule has 12 heteroatoms. The van der Waals surface area contributed by atoms with Crippen molar-refractivity contribution in [2.45, 2.75) is 25.8 Å². The van der Waals surface area contributed by atoms with E-state index in [0.29, 0.717) is 45.0 Å². The zero-order valence-electron chi connectivity index (χ0n) is 16.1. The van der Waals surface area contributed by atoms with Gasteiger partial charge in [-0.3, -0.25) is 4.99 Å². The van der Waals surface area contributed by atoms with Crippen molar-refractivity contribution in [3.05, 3.63) is 0 Å². The third-order valence-corrected chi connectivity index (χ3v) is 9.49. The Morgan fingerprint density at radius 1 is 1.04 bits per heavy atom. The van der Waals surface area contributed by atoms with Crippen LogP contribution in [0.25, 0.3) is 0 Å². The van der Waals surface area contributed by atoms with E-state index in [4.69, 9.17) is 0 Å². The molecule has 158 valence electrons. The molecule has 2 saturated heterocycles. The van der Waals surface area contributed by atoms with Gasteiger partial charge in [0.25, 0.3) is 0 Å². The third kappa shape index (κ3) is 6.77. The number of nitrogens with zero attached hydrogens (tertiary/aromatic N) is 3. The van der Waals surface area contributed by atoms with Crippen LogP contribution in [0.5, 0.6) is 0 Å². The predicted molar refractivity (Wildman–Crippen MR) is 111 cm³/mol. The lowest BCUT2D eigenvalue weighted by Crippen LogP contribution is -2.50. The fourth-order valence-electron chi connectivity index (χ4n) is 3.10. The summed E-state index contributed by atoms with van der Waals surface area (Å²) >= 11 is 1.78. The molecule has 0 saturated carbocycles. The first-order chi connectivity index (χ1) is 12.8. The van der Waals surface area contributed by atoms with E-state index in [1.54, 1.807) is 30.0 Å². The summed E-state index contributed by atoms with van der Waals surface area (Å²) in [6.45, 7) is 4.09.